The number of fused-ring (bicyclic) bond motifs is 1. The molecule has 144 valence electrons. The van der Waals surface area contributed by atoms with Gasteiger partial charge in [-0.05, 0) is 46.9 Å². The molecule has 0 aromatic heterocycles. The lowest BCUT2D eigenvalue weighted by Gasteiger charge is -2.12. The van der Waals surface area contributed by atoms with Crippen molar-refractivity contribution in [3.63, 3.8) is 0 Å². The number of phenolic OH excluding ortho intramolecular Hbond substituents is 1. The van der Waals surface area contributed by atoms with E-state index in [0.717, 1.165) is 21.9 Å². The number of hydrogen-bond acceptors (Lipinski definition) is 4. The highest BCUT2D eigenvalue weighted by atomic mass is 16.5. The van der Waals surface area contributed by atoms with Crippen LogP contribution in [-0.4, -0.2) is 23.8 Å². The molecule has 0 spiro atoms. The molecule has 3 rings (SSSR count). The second-order valence-electron chi connectivity index (χ2n) is 6.98. The van der Waals surface area contributed by atoms with Gasteiger partial charge >= 0.3 is 0 Å². The fraction of sp³-hybridized carbons (Fsp3) is 0.217. The fourth-order valence-electron chi connectivity index (χ4n) is 2.90. The molecule has 0 heterocycles. The summed E-state index contributed by atoms with van der Waals surface area (Å²) in [6, 6.07) is 17.1. The Balaban J connectivity index is 1.64. The molecule has 28 heavy (non-hydrogen) atoms. The van der Waals surface area contributed by atoms with Gasteiger partial charge in [0.2, 0.25) is 0 Å². The van der Waals surface area contributed by atoms with E-state index in [-0.39, 0.29) is 18.3 Å². The summed E-state index contributed by atoms with van der Waals surface area (Å²) in [5.41, 5.74) is 5.13. The van der Waals surface area contributed by atoms with E-state index in [1.807, 2.05) is 49.4 Å². The van der Waals surface area contributed by atoms with Crippen LogP contribution in [0.5, 0.6) is 11.5 Å². The molecule has 0 unspecified atom stereocenters. The van der Waals surface area contributed by atoms with Crippen LogP contribution in [-0.2, 0) is 4.79 Å². The van der Waals surface area contributed by atoms with E-state index < -0.39 is 0 Å². The number of carbonyl (C=O) groups excluding carboxylic acids is 1. The molecule has 0 atom stereocenters. The molecular weight excluding hydrogens is 352 g/mol. The Morgan fingerprint density at radius 3 is 2.75 bits per heavy atom. The van der Waals surface area contributed by atoms with Crippen LogP contribution >= 0.6 is 0 Å². The molecule has 0 aliphatic heterocycles. The first kappa shape index (κ1) is 19.4. The number of hydrazone groups is 1. The first-order valence-corrected chi connectivity index (χ1v) is 9.21. The van der Waals surface area contributed by atoms with E-state index >= 15 is 0 Å². The lowest BCUT2D eigenvalue weighted by atomic mass is 10.0. The fourth-order valence-corrected chi connectivity index (χ4v) is 2.90. The van der Waals surface area contributed by atoms with Crippen molar-refractivity contribution in [3.8, 4) is 11.5 Å². The van der Waals surface area contributed by atoms with Gasteiger partial charge in [-0.3, -0.25) is 4.79 Å². The Labute approximate surface area is 164 Å². The second kappa shape index (κ2) is 8.57. The maximum Gasteiger partial charge on any atom is 0.277 e. The standard InChI is InChI=1S/C23H24N2O3/c1-15(2)18-9-8-16(3)22(12-18)28-14-23(27)25-24-13-20-19-7-5-4-6-17(19)10-11-21(20)26/h4-13,15,26H,14H2,1-3H3,(H,25,27). The van der Waals surface area contributed by atoms with E-state index in [1.54, 1.807) is 6.07 Å². The minimum absolute atomic E-state index is 0.106. The number of ether oxygens (including phenoxy) is 1. The van der Waals surface area contributed by atoms with Gasteiger partial charge in [0.1, 0.15) is 11.5 Å². The molecule has 0 radical (unpaired) electrons. The zero-order chi connectivity index (χ0) is 20.1. The predicted octanol–water partition coefficient (Wildman–Crippen LogP) is 4.51. The summed E-state index contributed by atoms with van der Waals surface area (Å²) in [7, 11) is 0. The van der Waals surface area contributed by atoms with Gasteiger partial charge in [0.15, 0.2) is 6.61 Å². The number of benzene rings is 3. The highest BCUT2D eigenvalue weighted by molar-refractivity contribution is 6.02. The molecule has 3 aromatic carbocycles. The quantitative estimate of drug-likeness (QED) is 0.491. The SMILES string of the molecule is Cc1ccc(C(C)C)cc1OCC(=O)NN=Cc1c(O)ccc2ccccc12. The van der Waals surface area contributed by atoms with Crippen LogP contribution < -0.4 is 10.2 Å². The van der Waals surface area contributed by atoms with Crippen molar-refractivity contribution in [3.05, 3.63) is 71.3 Å². The molecule has 0 aliphatic rings. The number of aryl methyl sites for hydroxylation is 1. The lowest BCUT2D eigenvalue weighted by Crippen LogP contribution is -2.24. The normalized spacial score (nSPS) is 11.3. The monoisotopic (exact) mass is 376 g/mol. The number of nitrogens with zero attached hydrogens (tertiary/aromatic N) is 1. The van der Waals surface area contributed by atoms with Crippen LogP contribution in [0.1, 0.15) is 36.5 Å². The number of nitrogens with one attached hydrogen (secondary N) is 1. The van der Waals surface area contributed by atoms with Crippen molar-refractivity contribution >= 4 is 22.9 Å². The second-order valence-corrected chi connectivity index (χ2v) is 6.98. The molecule has 0 fully saturated rings. The van der Waals surface area contributed by atoms with Crippen LogP contribution in [0.25, 0.3) is 10.8 Å². The molecule has 0 saturated heterocycles. The van der Waals surface area contributed by atoms with Gasteiger partial charge in [0, 0.05) is 5.56 Å². The Morgan fingerprint density at radius 2 is 1.96 bits per heavy atom. The predicted molar refractivity (Wildman–Crippen MR) is 112 cm³/mol. The van der Waals surface area contributed by atoms with Gasteiger partial charge in [-0.15, -0.1) is 0 Å². The van der Waals surface area contributed by atoms with Crippen LogP contribution in [0.2, 0.25) is 0 Å². The van der Waals surface area contributed by atoms with Crippen molar-refractivity contribution in [2.24, 2.45) is 5.10 Å². The maximum absolute atomic E-state index is 12.1. The minimum atomic E-state index is -0.370. The molecule has 1 amide bonds. The summed E-state index contributed by atoms with van der Waals surface area (Å²) in [6.45, 7) is 6.02. The molecule has 0 aliphatic carbocycles. The Kier molecular flexibility index (Phi) is 5.94. The third-order valence-electron chi connectivity index (χ3n) is 4.57. The van der Waals surface area contributed by atoms with Crippen molar-refractivity contribution in [2.75, 3.05) is 6.61 Å². The molecule has 0 saturated carbocycles. The number of hydrogen-bond donors (Lipinski definition) is 2. The zero-order valence-corrected chi connectivity index (χ0v) is 16.3. The van der Waals surface area contributed by atoms with E-state index in [2.05, 4.69) is 30.4 Å². The minimum Gasteiger partial charge on any atom is -0.507 e. The van der Waals surface area contributed by atoms with Gasteiger partial charge in [0.05, 0.1) is 6.21 Å². The van der Waals surface area contributed by atoms with E-state index in [4.69, 9.17) is 4.74 Å². The Morgan fingerprint density at radius 1 is 1.18 bits per heavy atom. The van der Waals surface area contributed by atoms with E-state index in [1.165, 1.54) is 6.21 Å². The zero-order valence-electron chi connectivity index (χ0n) is 16.3. The largest absolute Gasteiger partial charge is 0.507 e. The topological polar surface area (TPSA) is 70.9 Å². The third-order valence-corrected chi connectivity index (χ3v) is 4.57. The molecule has 3 aromatic rings. The van der Waals surface area contributed by atoms with Gasteiger partial charge in [-0.2, -0.15) is 5.10 Å². The van der Waals surface area contributed by atoms with Gasteiger partial charge in [-0.25, -0.2) is 5.43 Å². The average molecular weight is 376 g/mol. The van der Waals surface area contributed by atoms with E-state index in [0.29, 0.717) is 17.2 Å². The summed E-state index contributed by atoms with van der Waals surface area (Å²) in [5.74, 6) is 0.811. The van der Waals surface area contributed by atoms with Crippen molar-refractivity contribution in [1.29, 1.82) is 0 Å². The molecule has 5 heteroatoms. The lowest BCUT2D eigenvalue weighted by molar-refractivity contribution is -0.123. The first-order chi connectivity index (χ1) is 13.5. The summed E-state index contributed by atoms with van der Waals surface area (Å²) >= 11 is 0. The third kappa shape index (κ3) is 4.49. The summed E-state index contributed by atoms with van der Waals surface area (Å²) in [5, 5.41) is 15.9. The summed E-state index contributed by atoms with van der Waals surface area (Å²) in [6.07, 6.45) is 1.44. The number of carbonyl (C=O) groups is 1. The Bertz CT molecular complexity index is 1030. The summed E-state index contributed by atoms with van der Waals surface area (Å²) < 4.78 is 5.65. The van der Waals surface area contributed by atoms with Gasteiger partial charge in [0.25, 0.3) is 5.91 Å². The summed E-state index contributed by atoms with van der Waals surface area (Å²) in [4.78, 5) is 12.1. The molecule has 0 bridgehead atoms. The molecule has 5 nitrogen and oxygen atoms in total. The van der Waals surface area contributed by atoms with Crippen LogP contribution in [0, 0.1) is 6.92 Å². The number of phenols is 1. The van der Waals surface area contributed by atoms with E-state index in [9.17, 15) is 9.90 Å². The maximum atomic E-state index is 12.1. The average Bonchev–Trinajstić information content (AvgIpc) is 2.69. The molecule has 2 N–H and O–H groups in total. The van der Waals surface area contributed by atoms with Crippen LogP contribution in [0.15, 0.2) is 59.7 Å². The number of aromatic hydroxyl groups is 1. The Hall–Kier alpha value is -3.34. The highest BCUT2D eigenvalue weighted by Gasteiger charge is 2.08. The smallest absolute Gasteiger partial charge is 0.277 e. The van der Waals surface area contributed by atoms with Crippen LogP contribution in [0.4, 0.5) is 0 Å². The number of rotatable bonds is 6. The van der Waals surface area contributed by atoms with Crippen molar-refractivity contribution in [2.45, 2.75) is 26.7 Å². The molecular formula is C23H24N2O3. The highest BCUT2D eigenvalue weighted by Crippen LogP contribution is 2.26. The van der Waals surface area contributed by atoms with Gasteiger partial charge < -0.3 is 9.84 Å². The van der Waals surface area contributed by atoms with Crippen LogP contribution in [0.3, 0.4) is 0 Å². The van der Waals surface area contributed by atoms with Crippen molar-refractivity contribution < 1.29 is 14.6 Å². The first-order valence-electron chi connectivity index (χ1n) is 9.21. The van der Waals surface area contributed by atoms with Crippen molar-refractivity contribution in [1.82, 2.24) is 5.43 Å². The van der Waals surface area contributed by atoms with Gasteiger partial charge in [-0.1, -0.05) is 56.3 Å². The number of amides is 1.